The summed E-state index contributed by atoms with van der Waals surface area (Å²) in [6.45, 7) is 1.62. The summed E-state index contributed by atoms with van der Waals surface area (Å²) in [5.74, 6) is -1.50. The van der Waals surface area contributed by atoms with E-state index in [0.29, 0.717) is 6.54 Å². The molecule has 1 saturated heterocycles. The number of piperidine rings is 1. The number of hydrogen-bond donors (Lipinski definition) is 1. The molecule has 2 heterocycles. The monoisotopic (exact) mass is 257 g/mol. The van der Waals surface area contributed by atoms with E-state index in [1.165, 1.54) is 11.8 Å². The standard InChI is InChI=1S/C11H13F2N3O2/c1-11(9(17)18)2-3-16(6-8(11)13)10-14-4-7(12)5-15-10/h4-5,8H,2-3,6H2,1H3,(H,17,18). The number of aliphatic carboxylic acids is 1. The quantitative estimate of drug-likeness (QED) is 0.863. The smallest absolute Gasteiger partial charge is 0.312 e. The van der Waals surface area contributed by atoms with E-state index in [1.54, 1.807) is 0 Å². The Kier molecular flexibility index (Phi) is 3.14. The fraction of sp³-hybridized carbons (Fsp3) is 0.545. The van der Waals surface area contributed by atoms with Gasteiger partial charge in [-0.3, -0.25) is 4.79 Å². The van der Waals surface area contributed by atoms with Crippen molar-refractivity contribution in [1.29, 1.82) is 0 Å². The van der Waals surface area contributed by atoms with Gasteiger partial charge in [-0.1, -0.05) is 0 Å². The Bertz CT molecular complexity index is 454. The maximum absolute atomic E-state index is 13.9. The lowest BCUT2D eigenvalue weighted by molar-refractivity contribution is -0.153. The molecule has 2 atom stereocenters. The van der Waals surface area contributed by atoms with Crippen molar-refractivity contribution in [3.8, 4) is 0 Å². The molecule has 2 unspecified atom stereocenters. The number of carbonyl (C=O) groups is 1. The first-order chi connectivity index (χ1) is 8.43. The van der Waals surface area contributed by atoms with Crippen molar-refractivity contribution in [2.75, 3.05) is 18.0 Å². The first-order valence-electron chi connectivity index (χ1n) is 5.53. The van der Waals surface area contributed by atoms with E-state index >= 15 is 0 Å². The molecular weight excluding hydrogens is 244 g/mol. The van der Waals surface area contributed by atoms with Crippen LogP contribution in [0.3, 0.4) is 0 Å². The van der Waals surface area contributed by atoms with Gasteiger partial charge >= 0.3 is 5.97 Å². The SMILES string of the molecule is CC1(C(=O)O)CCN(c2ncc(F)cn2)CC1F. The van der Waals surface area contributed by atoms with Crippen LogP contribution in [0.5, 0.6) is 0 Å². The minimum Gasteiger partial charge on any atom is -0.481 e. The number of alkyl halides is 1. The molecule has 0 spiro atoms. The largest absolute Gasteiger partial charge is 0.481 e. The molecule has 7 heteroatoms. The molecule has 0 radical (unpaired) electrons. The van der Waals surface area contributed by atoms with Gasteiger partial charge in [-0.05, 0) is 13.3 Å². The minimum atomic E-state index is -1.52. The van der Waals surface area contributed by atoms with Gasteiger partial charge in [0.1, 0.15) is 6.17 Å². The first kappa shape index (κ1) is 12.7. The Labute approximate surface area is 102 Å². The van der Waals surface area contributed by atoms with Crippen molar-refractivity contribution in [3.05, 3.63) is 18.2 Å². The average molecular weight is 257 g/mol. The molecule has 1 aromatic heterocycles. The van der Waals surface area contributed by atoms with Crippen molar-refractivity contribution in [3.63, 3.8) is 0 Å². The summed E-state index contributed by atoms with van der Waals surface area (Å²) in [5.41, 5.74) is -1.38. The highest BCUT2D eigenvalue weighted by Crippen LogP contribution is 2.34. The van der Waals surface area contributed by atoms with Crippen LogP contribution in [0.2, 0.25) is 0 Å². The normalized spacial score (nSPS) is 28.2. The fourth-order valence-corrected chi connectivity index (χ4v) is 1.90. The van der Waals surface area contributed by atoms with Crippen molar-refractivity contribution in [2.24, 2.45) is 5.41 Å². The molecule has 98 valence electrons. The molecule has 1 aliphatic heterocycles. The molecule has 0 saturated carbocycles. The van der Waals surface area contributed by atoms with E-state index in [-0.39, 0.29) is 18.9 Å². The number of rotatable bonds is 2. The van der Waals surface area contributed by atoms with E-state index in [9.17, 15) is 13.6 Å². The lowest BCUT2D eigenvalue weighted by Gasteiger charge is -2.39. The first-order valence-corrected chi connectivity index (χ1v) is 5.53. The maximum Gasteiger partial charge on any atom is 0.312 e. The van der Waals surface area contributed by atoms with Gasteiger partial charge in [-0.15, -0.1) is 0 Å². The minimum absolute atomic E-state index is 0.103. The average Bonchev–Trinajstić information content (AvgIpc) is 2.33. The lowest BCUT2D eigenvalue weighted by atomic mass is 9.79. The summed E-state index contributed by atoms with van der Waals surface area (Å²) >= 11 is 0. The van der Waals surface area contributed by atoms with Crippen LogP contribution in [-0.4, -0.2) is 40.3 Å². The number of nitrogens with zero attached hydrogens (tertiary/aromatic N) is 3. The number of halogens is 2. The zero-order valence-electron chi connectivity index (χ0n) is 9.81. The second-order valence-corrected chi connectivity index (χ2v) is 4.59. The van der Waals surface area contributed by atoms with Gasteiger partial charge < -0.3 is 10.0 Å². The third-order valence-electron chi connectivity index (χ3n) is 3.35. The molecular formula is C11H13F2N3O2. The van der Waals surface area contributed by atoms with Gasteiger partial charge in [0.05, 0.1) is 24.4 Å². The molecule has 0 amide bonds. The third-order valence-corrected chi connectivity index (χ3v) is 3.35. The molecule has 1 fully saturated rings. The molecule has 0 aliphatic carbocycles. The molecule has 1 N–H and O–H groups in total. The number of anilines is 1. The zero-order valence-corrected chi connectivity index (χ0v) is 9.81. The molecule has 1 aromatic rings. The van der Waals surface area contributed by atoms with Crippen molar-refractivity contribution in [2.45, 2.75) is 19.5 Å². The molecule has 5 nitrogen and oxygen atoms in total. The summed E-state index contributed by atoms with van der Waals surface area (Å²) in [4.78, 5) is 20.1. The highest BCUT2D eigenvalue weighted by Gasteiger charge is 2.46. The Morgan fingerprint density at radius 2 is 2.17 bits per heavy atom. The van der Waals surface area contributed by atoms with Crippen LogP contribution in [0.25, 0.3) is 0 Å². The van der Waals surface area contributed by atoms with Crippen LogP contribution in [0.15, 0.2) is 12.4 Å². The van der Waals surface area contributed by atoms with Gasteiger partial charge in [0.15, 0.2) is 5.82 Å². The van der Waals surface area contributed by atoms with Gasteiger partial charge in [-0.25, -0.2) is 18.7 Å². The summed E-state index contributed by atoms with van der Waals surface area (Å²) in [6, 6.07) is 0. The summed E-state index contributed by atoms with van der Waals surface area (Å²) < 4.78 is 26.6. The highest BCUT2D eigenvalue weighted by atomic mass is 19.1. The van der Waals surface area contributed by atoms with E-state index in [4.69, 9.17) is 5.11 Å². The summed E-state index contributed by atoms with van der Waals surface area (Å²) in [7, 11) is 0. The lowest BCUT2D eigenvalue weighted by Crippen LogP contribution is -2.51. The van der Waals surface area contributed by atoms with Crippen molar-refractivity contribution >= 4 is 11.9 Å². The Morgan fingerprint density at radius 1 is 1.56 bits per heavy atom. The van der Waals surface area contributed by atoms with Crippen LogP contribution in [-0.2, 0) is 4.79 Å². The van der Waals surface area contributed by atoms with Crippen molar-refractivity contribution < 1.29 is 18.7 Å². The molecule has 2 rings (SSSR count). The van der Waals surface area contributed by atoms with Crippen LogP contribution in [0.1, 0.15) is 13.3 Å². The Hall–Kier alpha value is -1.79. The van der Waals surface area contributed by atoms with Gasteiger partial charge in [0.2, 0.25) is 5.95 Å². The predicted octanol–water partition coefficient (Wildman–Crippen LogP) is 1.25. The topological polar surface area (TPSA) is 66.3 Å². The Morgan fingerprint density at radius 3 is 2.67 bits per heavy atom. The van der Waals surface area contributed by atoms with E-state index in [2.05, 4.69) is 9.97 Å². The van der Waals surface area contributed by atoms with Crippen LogP contribution in [0.4, 0.5) is 14.7 Å². The van der Waals surface area contributed by atoms with Crippen LogP contribution < -0.4 is 4.90 Å². The summed E-state index contributed by atoms with van der Waals surface area (Å²) in [6.07, 6.45) is 0.642. The second-order valence-electron chi connectivity index (χ2n) is 4.59. The zero-order chi connectivity index (χ0) is 13.3. The predicted molar refractivity (Wildman–Crippen MR) is 59.5 cm³/mol. The van der Waals surface area contributed by atoms with Crippen LogP contribution in [0, 0.1) is 11.2 Å². The summed E-state index contributed by atoms with van der Waals surface area (Å²) in [5, 5.41) is 9.02. The molecule has 1 aliphatic rings. The van der Waals surface area contributed by atoms with Gasteiger partial charge in [0, 0.05) is 6.54 Å². The van der Waals surface area contributed by atoms with E-state index in [0.717, 1.165) is 12.4 Å². The maximum atomic E-state index is 13.9. The third kappa shape index (κ3) is 2.12. The molecule has 0 aromatic carbocycles. The number of hydrogen-bond acceptors (Lipinski definition) is 4. The van der Waals surface area contributed by atoms with Gasteiger partial charge in [-0.2, -0.15) is 0 Å². The number of carboxylic acids is 1. The number of carboxylic acid groups (broad SMARTS) is 1. The van der Waals surface area contributed by atoms with Gasteiger partial charge in [0.25, 0.3) is 0 Å². The highest BCUT2D eigenvalue weighted by molar-refractivity contribution is 5.75. The molecule has 18 heavy (non-hydrogen) atoms. The number of aromatic nitrogens is 2. The van der Waals surface area contributed by atoms with Crippen molar-refractivity contribution in [1.82, 2.24) is 9.97 Å². The van der Waals surface area contributed by atoms with Crippen LogP contribution >= 0.6 is 0 Å². The fourth-order valence-electron chi connectivity index (χ4n) is 1.90. The molecule has 0 bridgehead atoms. The second kappa shape index (κ2) is 4.47. The Balaban J connectivity index is 2.13. The van der Waals surface area contributed by atoms with E-state index in [1.807, 2.05) is 0 Å². The van der Waals surface area contributed by atoms with E-state index < -0.39 is 23.4 Å².